The van der Waals surface area contributed by atoms with Gasteiger partial charge in [0, 0.05) is 5.92 Å². The first kappa shape index (κ1) is 12.6. The molecule has 4 nitrogen and oxygen atoms in total. The van der Waals surface area contributed by atoms with Crippen LogP contribution in [0.2, 0.25) is 0 Å². The van der Waals surface area contributed by atoms with E-state index in [-0.39, 0.29) is 6.04 Å². The summed E-state index contributed by atoms with van der Waals surface area (Å²) in [5, 5.41) is 7.37. The van der Waals surface area contributed by atoms with Gasteiger partial charge in [0.15, 0.2) is 5.82 Å². The lowest BCUT2D eigenvalue weighted by molar-refractivity contribution is 0.328. The normalized spacial score (nSPS) is 20.1. The average Bonchev–Trinajstić information content (AvgIpc) is 2.67. The van der Waals surface area contributed by atoms with Gasteiger partial charge in [-0.3, -0.25) is 0 Å². The van der Waals surface area contributed by atoms with Gasteiger partial charge in [-0.2, -0.15) is 4.98 Å². The fourth-order valence-electron chi connectivity index (χ4n) is 2.59. The van der Waals surface area contributed by atoms with Crippen LogP contribution in [0.1, 0.15) is 75.5 Å². The topological polar surface area (TPSA) is 51.0 Å². The Balaban J connectivity index is 2.05. The molecule has 1 aromatic heterocycles. The van der Waals surface area contributed by atoms with Gasteiger partial charge in [0.2, 0.25) is 5.89 Å². The maximum Gasteiger partial charge on any atom is 0.243 e. The lowest BCUT2D eigenvalue weighted by Gasteiger charge is -2.08. The highest BCUT2D eigenvalue weighted by Crippen LogP contribution is 2.30. The molecule has 0 saturated heterocycles. The van der Waals surface area contributed by atoms with Crippen molar-refractivity contribution in [1.82, 2.24) is 15.5 Å². The zero-order chi connectivity index (χ0) is 12.1. The maximum atomic E-state index is 5.38. The third kappa shape index (κ3) is 3.06. The van der Waals surface area contributed by atoms with E-state index in [9.17, 15) is 0 Å². The van der Waals surface area contributed by atoms with Crippen LogP contribution < -0.4 is 5.32 Å². The van der Waals surface area contributed by atoms with E-state index < -0.39 is 0 Å². The van der Waals surface area contributed by atoms with E-state index in [4.69, 9.17) is 4.52 Å². The molecule has 0 aliphatic heterocycles. The van der Waals surface area contributed by atoms with Crippen molar-refractivity contribution in [3.8, 4) is 0 Å². The molecule has 1 atom stereocenters. The van der Waals surface area contributed by atoms with Crippen LogP contribution in [0.25, 0.3) is 0 Å². The lowest BCUT2D eigenvalue weighted by atomic mass is 10.00. The Morgan fingerprint density at radius 1 is 1.29 bits per heavy atom. The maximum absolute atomic E-state index is 5.38. The van der Waals surface area contributed by atoms with Gasteiger partial charge in [-0.25, -0.2) is 0 Å². The smallest absolute Gasteiger partial charge is 0.243 e. The number of rotatable bonds is 4. The molecule has 2 rings (SSSR count). The Bertz CT molecular complexity index is 325. The highest BCUT2D eigenvalue weighted by Gasteiger charge is 2.22. The number of nitrogens with one attached hydrogen (secondary N) is 1. The predicted molar refractivity (Wildman–Crippen MR) is 66.8 cm³/mol. The van der Waals surface area contributed by atoms with E-state index in [2.05, 4.69) is 22.4 Å². The molecule has 0 amide bonds. The molecule has 1 aromatic rings. The number of nitrogens with zero attached hydrogens (tertiary/aromatic N) is 2. The summed E-state index contributed by atoms with van der Waals surface area (Å²) in [5.74, 6) is 2.19. The molecule has 1 aliphatic carbocycles. The van der Waals surface area contributed by atoms with Crippen molar-refractivity contribution in [3.63, 3.8) is 0 Å². The second kappa shape index (κ2) is 6.15. The minimum Gasteiger partial charge on any atom is -0.338 e. The molecule has 1 fully saturated rings. The first-order chi connectivity index (χ1) is 8.35. The first-order valence-corrected chi connectivity index (χ1v) is 6.86. The predicted octanol–water partition coefficient (Wildman–Crippen LogP) is 3.18. The van der Waals surface area contributed by atoms with Gasteiger partial charge in [-0.1, -0.05) is 37.8 Å². The van der Waals surface area contributed by atoms with E-state index in [0.29, 0.717) is 5.92 Å². The van der Waals surface area contributed by atoms with Crippen LogP contribution in [0.5, 0.6) is 0 Å². The fraction of sp³-hybridized carbons (Fsp3) is 0.846. The van der Waals surface area contributed by atoms with E-state index in [1.807, 2.05) is 7.05 Å². The summed E-state index contributed by atoms with van der Waals surface area (Å²) in [7, 11) is 1.93. The van der Waals surface area contributed by atoms with Crippen LogP contribution in [-0.4, -0.2) is 17.2 Å². The van der Waals surface area contributed by atoms with Gasteiger partial charge < -0.3 is 9.84 Å². The minimum atomic E-state index is 0.196. The van der Waals surface area contributed by atoms with Crippen molar-refractivity contribution in [2.24, 2.45) is 0 Å². The average molecular weight is 237 g/mol. The molecular formula is C13H23N3O. The Labute approximate surface area is 103 Å². The summed E-state index contributed by atoms with van der Waals surface area (Å²) in [6.07, 6.45) is 8.73. The molecule has 0 spiro atoms. The van der Waals surface area contributed by atoms with Gasteiger partial charge in [0.25, 0.3) is 0 Å². The summed E-state index contributed by atoms with van der Waals surface area (Å²) < 4.78 is 5.38. The van der Waals surface area contributed by atoms with Crippen LogP contribution in [0.15, 0.2) is 4.52 Å². The van der Waals surface area contributed by atoms with Crippen molar-refractivity contribution < 1.29 is 4.52 Å². The molecular weight excluding hydrogens is 214 g/mol. The first-order valence-electron chi connectivity index (χ1n) is 6.86. The highest BCUT2D eigenvalue weighted by atomic mass is 16.5. The Kier molecular flexibility index (Phi) is 4.54. The van der Waals surface area contributed by atoms with Crippen LogP contribution in [0.4, 0.5) is 0 Å². The standard InChI is InChI=1S/C13H23N3O/c1-3-11(14-2)13-15-12(16-17-13)10-8-6-4-5-7-9-10/h10-11,14H,3-9H2,1-2H3. The van der Waals surface area contributed by atoms with Crippen LogP contribution in [0.3, 0.4) is 0 Å². The van der Waals surface area contributed by atoms with Crippen molar-refractivity contribution in [3.05, 3.63) is 11.7 Å². The Morgan fingerprint density at radius 3 is 2.59 bits per heavy atom. The molecule has 1 aliphatic rings. The summed E-state index contributed by atoms with van der Waals surface area (Å²) in [4.78, 5) is 4.58. The van der Waals surface area contributed by atoms with Crippen molar-refractivity contribution in [2.45, 2.75) is 63.8 Å². The highest BCUT2D eigenvalue weighted by molar-refractivity contribution is 4.99. The summed E-state index contributed by atoms with van der Waals surface area (Å²) in [5.41, 5.74) is 0. The molecule has 96 valence electrons. The van der Waals surface area contributed by atoms with E-state index in [1.165, 1.54) is 38.5 Å². The van der Waals surface area contributed by atoms with Crippen LogP contribution in [-0.2, 0) is 0 Å². The second-order valence-electron chi connectivity index (χ2n) is 4.93. The third-order valence-electron chi connectivity index (χ3n) is 3.73. The van der Waals surface area contributed by atoms with Crippen molar-refractivity contribution in [2.75, 3.05) is 7.05 Å². The van der Waals surface area contributed by atoms with E-state index >= 15 is 0 Å². The SMILES string of the molecule is CCC(NC)c1nc(C2CCCCCC2)no1. The Morgan fingerprint density at radius 2 is 2.00 bits per heavy atom. The largest absolute Gasteiger partial charge is 0.338 e. The number of aromatic nitrogens is 2. The summed E-state index contributed by atoms with van der Waals surface area (Å²) in [6, 6.07) is 0.196. The zero-order valence-corrected chi connectivity index (χ0v) is 10.9. The number of hydrogen-bond donors (Lipinski definition) is 1. The van der Waals surface area contributed by atoms with Crippen molar-refractivity contribution >= 4 is 0 Å². The molecule has 0 aromatic carbocycles. The van der Waals surface area contributed by atoms with Gasteiger partial charge in [-0.15, -0.1) is 0 Å². The summed E-state index contributed by atoms with van der Waals surface area (Å²) in [6.45, 7) is 2.12. The molecule has 1 N–H and O–H groups in total. The van der Waals surface area contributed by atoms with Crippen LogP contribution in [0, 0.1) is 0 Å². The third-order valence-corrected chi connectivity index (χ3v) is 3.73. The summed E-state index contributed by atoms with van der Waals surface area (Å²) >= 11 is 0. The molecule has 1 saturated carbocycles. The zero-order valence-electron chi connectivity index (χ0n) is 10.9. The minimum absolute atomic E-state index is 0.196. The monoisotopic (exact) mass is 237 g/mol. The van der Waals surface area contributed by atoms with E-state index in [0.717, 1.165) is 18.1 Å². The van der Waals surface area contributed by atoms with Gasteiger partial charge >= 0.3 is 0 Å². The lowest BCUT2D eigenvalue weighted by Crippen LogP contribution is -2.15. The molecule has 0 bridgehead atoms. The number of hydrogen-bond acceptors (Lipinski definition) is 4. The van der Waals surface area contributed by atoms with Gasteiger partial charge in [0.1, 0.15) is 0 Å². The Hall–Kier alpha value is -0.900. The quantitative estimate of drug-likeness (QED) is 0.817. The van der Waals surface area contributed by atoms with Crippen LogP contribution >= 0.6 is 0 Å². The van der Waals surface area contributed by atoms with Gasteiger partial charge in [-0.05, 0) is 26.3 Å². The van der Waals surface area contributed by atoms with Crippen molar-refractivity contribution in [1.29, 1.82) is 0 Å². The van der Waals surface area contributed by atoms with Gasteiger partial charge in [0.05, 0.1) is 6.04 Å². The molecule has 1 unspecified atom stereocenters. The molecule has 0 radical (unpaired) electrons. The van der Waals surface area contributed by atoms with E-state index in [1.54, 1.807) is 0 Å². The molecule has 1 heterocycles. The fourth-order valence-corrected chi connectivity index (χ4v) is 2.59. The molecule has 4 heteroatoms. The molecule has 17 heavy (non-hydrogen) atoms. The second-order valence-corrected chi connectivity index (χ2v) is 4.93.